The second kappa shape index (κ2) is 14.8. The SMILES string of the molecule is COC(=O)NC(C(=O)NN(Cc1ccc(-c2nc(C(C)(C)C)cs2)cc1)C[C@H](O)CCc1ccc(OC)cc1)C(C)(C)C. The first kappa shape index (κ1) is 34.0. The van der Waals surface area contributed by atoms with Crippen molar-refractivity contribution in [1.29, 1.82) is 0 Å². The van der Waals surface area contributed by atoms with Crippen molar-refractivity contribution in [3.8, 4) is 16.3 Å². The smallest absolute Gasteiger partial charge is 0.407 e. The van der Waals surface area contributed by atoms with Crippen molar-refractivity contribution in [3.05, 3.63) is 70.7 Å². The molecule has 2 atom stereocenters. The summed E-state index contributed by atoms with van der Waals surface area (Å²) in [5, 5.41) is 18.4. The van der Waals surface area contributed by atoms with Crippen LogP contribution in [0.25, 0.3) is 10.6 Å². The zero-order valence-corrected chi connectivity index (χ0v) is 27.4. The molecule has 0 aliphatic rings. The number of thiazole rings is 1. The third-order valence-corrected chi connectivity index (χ3v) is 7.94. The molecule has 2 amide bonds. The van der Waals surface area contributed by atoms with Crippen LogP contribution < -0.4 is 15.5 Å². The number of aryl methyl sites for hydroxylation is 1. The Hall–Kier alpha value is -3.47. The Morgan fingerprint density at radius 1 is 0.977 bits per heavy atom. The summed E-state index contributed by atoms with van der Waals surface area (Å²) in [4.78, 5) is 30.3. The van der Waals surface area contributed by atoms with Crippen molar-refractivity contribution in [2.24, 2.45) is 5.41 Å². The Morgan fingerprint density at radius 2 is 1.60 bits per heavy atom. The maximum atomic E-state index is 13.5. The number of alkyl carbamates (subject to hydrolysis) is 1. The monoisotopic (exact) mass is 610 g/mol. The highest BCUT2D eigenvalue weighted by Gasteiger charge is 2.34. The molecule has 0 aliphatic heterocycles. The van der Waals surface area contributed by atoms with Crippen LogP contribution in [0.4, 0.5) is 4.79 Å². The molecule has 0 spiro atoms. The van der Waals surface area contributed by atoms with Crippen molar-refractivity contribution in [1.82, 2.24) is 20.7 Å². The van der Waals surface area contributed by atoms with E-state index in [-0.39, 0.29) is 12.0 Å². The average Bonchev–Trinajstić information content (AvgIpc) is 3.46. The van der Waals surface area contributed by atoms with E-state index >= 15 is 0 Å². The fourth-order valence-corrected chi connectivity index (χ4v) is 5.47. The minimum atomic E-state index is -0.858. The van der Waals surface area contributed by atoms with Crippen molar-refractivity contribution in [2.75, 3.05) is 20.8 Å². The topological polar surface area (TPSA) is 113 Å². The number of hydrogen-bond acceptors (Lipinski definition) is 8. The van der Waals surface area contributed by atoms with Crippen LogP contribution in [0.15, 0.2) is 53.9 Å². The van der Waals surface area contributed by atoms with Gasteiger partial charge in [-0.25, -0.2) is 14.8 Å². The number of amides is 2. The molecule has 1 unspecified atom stereocenters. The Balaban J connectivity index is 1.76. The number of aromatic nitrogens is 1. The van der Waals surface area contributed by atoms with Gasteiger partial charge in [0.2, 0.25) is 0 Å². The predicted octanol–water partition coefficient (Wildman–Crippen LogP) is 5.71. The lowest BCUT2D eigenvalue weighted by atomic mass is 9.86. The van der Waals surface area contributed by atoms with Crippen LogP contribution in [0.2, 0.25) is 0 Å². The summed E-state index contributed by atoms with van der Waals surface area (Å²) >= 11 is 1.62. The molecule has 9 nitrogen and oxygen atoms in total. The molecule has 234 valence electrons. The fourth-order valence-electron chi connectivity index (χ4n) is 4.42. The zero-order valence-electron chi connectivity index (χ0n) is 26.6. The minimum absolute atomic E-state index is 0.0186. The van der Waals surface area contributed by atoms with Gasteiger partial charge in [-0.2, -0.15) is 0 Å². The van der Waals surface area contributed by atoms with E-state index in [1.807, 2.05) is 69.3 Å². The number of nitrogens with one attached hydrogen (secondary N) is 2. The van der Waals surface area contributed by atoms with Crippen molar-refractivity contribution >= 4 is 23.3 Å². The van der Waals surface area contributed by atoms with Crippen LogP contribution in [-0.4, -0.2) is 60.0 Å². The normalized spacial score (nSPS) is 13.3. The quantitative estimate of drug-likeness (QED) is 0.225. The van der Waals surface area contributed by atoms with Gasteiger partial charge in [-0.1, -0.05) is 77.9 Å². The summed E-state index contributed by atoms with van der Waals surface area (Å²) < 4.78 is 9.98. The van der Waals surface area contributed by atoms with Gasteiger partial charge in [0.25, 0.3) is 5.91 Å². The van der Waals surface area contributed by atoms with E-state index in [2.05, 4.69) is 36.9 Å². The third kappa shape index (κ3) is 10.3. The van der Waals surface area contributed by atoms with Gasteiger partial charge in [0.05, 0.1) is 26.0 Å². The fraction of sp³-hybridized carbons (Fsp3) is 0.485. The van der Waals surface area contributed by atoms with E-state index in [1.54, 1.807) is 23.5 Å². The highest BCUT2D eigenvalue weighted by Crippen LogP contribution is 2.30. The highest BCUT2D eigenvalue weighted by atomic mass is 32.1. The first-order valence-electron chi connectivity index (χ1n) is 14.5. The van der Waals surface area contributed by atoms with Crippen LogP contribution in [0.1, 0.15) is 64.8 Å². The van der Waals surface area contributed by atoms with Gasteiger partial charge in [-0.3, -0.25) is 10.2 Å². The van der Waals surface area contributed by atoms with Gasteiger partial charge in [0.1, 0.15) is 16.8 Å². The molecule has 1 heterocycles. The molecule has 43 heavy (non-hydrogen) atoms. The number of aliphatic hydroxyl groups excluding tert-OH is 1. The number of carbonyl (C=O) groups excluding carboxylic acids is 2. The number of hydrazine groups is 1. The summed E-state index contributed by atoms with van der Waals surface area (Å²) in [6.07, 6.45) is -0.232. The summed E-state index contributed by atoms with van der Waals surface area (Å²) in [6, 6.07) is 15.0. The molecular weight excluding hydrogens is 564 g/mol. The van der Waals surface area contributed by atoms with E-state index in [0.29, 0.717) is 19.4 Å². The van der Waals surface area contributed by atoms with Gasteiger partial charge < -0.3 is 19.9 Å². The van der Waals surface area contributed by atoms with Gasteiger partial charge in [-0.05, 0) is 41.5 Å². The molecule has 0 radical (unpaired) electrons. The van der Waals surface area contributed by atoms with Crippen LogP contribution in [-0.2, 0) is 27.9 Å². The summed E-state index contributed by atoms with van der Waals surface area (Å²) in [6.45, 7) is 12.6. The van der Waals surface area contributed by atoms with E-state index in [0.717, 1.165) is 33.1 Å². The number of ether oxygens (including phenoxy) is 2. The molecule has 0 aliphatic carbocycles. The average molecular weight is 611 g/mol. The van der Waals surface area contributed by atoms with Gasteiger partial charge in [0.15, 0.2) is 0 Å². The molecule has 3 rings (SSSR count). The summed E-state index contributed by atoms with van der Waals surface area (Å²) in [5.41, 5.74) is 6.46. The molecule has 1 aromatic heterocycles. The third-order valence-electron chi connectivity index (χ3n) is 7.05. The molecule has 3 N–H and O–H groups in total. The minimum Gasteiger partial charge on any atom is -0.497 e. The number of hydrogen-bond donors (Lipinski definition) is 3. The van der Waals surface area contributed by atoms with Gasteiger partial charge in [-0.15, -0.1) is 11.3 Å². The van der Waals surface area contributed by atoms with Gasteiger partial charge in [0, 0.05) is 29.4 Å². The van der Waals surface area contributed by atoms with Crippen molar-refractivity contribution < 1.29 is 24.2 Å². The molecule has 0 saturated heterocycles. The summed E-state index contributed by atoms with van der Waals surface area (Å²) in [7, 11) is 2.89. The largest absolute Gasteiger partial charge is 0.497 e. The lowest BCUT2D eigenvalue weighted by molar-refractivity contribution is -0.131. The Labute approximate surface area is 259 Å². The molecule has 0 bridgehead atoms. The lowest BCUT2D eigenvalue weighted by Crippen LogP contribution is -2.57. The lowest BCUT2D eigenvalue weighted by Gasteiger charge is -2.33. The van der Waals surface area contributed by atoms with Crippen LogP contribution in [0, 0.1) is 5.41 Å². The molecule has 10 heteroatoms. The van der Waals surface area contributed by atoms with Crippen LogP contribution in [0.5, 0.6) is 5.75 Å². The first-order valence-corrected chi connectivity index (χ1v) is 15.3. The van der Waals surface area contributed by atoms with Crippen LogP contribution in [0.3, 0.4) is 0 Å². The van der Waals surface area contributed by atoms with Gasteiger partial charge >= 0.3 is 6.09 Å². The number of carbonyl (C=O) groups is 2. The van der Waals surface area contributed by atoms with Crippen LogP contribution >= 0.6 is 11.3 Å². The van der Waals surface area contributed by atoms with E-state index < -0.39 is 29.6 Å². The highest BCUT2D eigenvalue weighted by molar-refractivity contribution is 7.13. The number of methoxy groups -OCH3 is 2. The zero-order chi connectivity index (χ0) is 31.8. The molecule has 2 aromatic carbocycles. The van der Waals surface area contributed by atoms with E-state index in [9.17, 15) is 14.7 Å². The Kier molecular flexibility index (Phi) is 11.7. The van der Waals surface area contributed by atoms with Crippen molar-refractivity contribution in [2.45, 2.75) is 78.5 Å². The molecule has 0 fully saturated rings. The Bertz CT molecular complexity index is 1330. The standard InChI is InChI=1S/C33H46N4O5S/c1-32(2,3)27-21-43-30(34-27)24-14-9-23(10-15-24)19-37(36-29(39)28(33(4,5)6)35-31(40)42-8)20-25(38)16-11-22-12-17-26(41-7)18-13-22/h9-10,12-15,17-18,21,25,28,38H,11,16,19-20H2,1-8H3,(H,35,40)(H,36,39)/t25-,28?/m1/s1. The maximum absolute atomic E-state index is 13.5. The number of aliphatic hydroxyl groups is 1. The summed E-state index contributed by atoms with van der Waals surface area (Å²) in [5.74, 6) is 0.386. The van der Waals surface area contributed by atoms with Crippen molar-refractivity contribution in [3.63, 3.8) is 0 Å². The second-order valence-electron chi connectivity index (χ2n) is 12.8. The molecule has 0 saturated carbocycles. The van der Waals surface area contributed by atoms with E-state index in [4.69, 9.17) is 14.5 Å². The second-order valence-corrected chi connectivity index (χ2v) is 13.7. The van der Waals surface area contributed by atoms with E-state index in [1.165, 1.54) is 7.11 Å². The predicted molar refractivity (Wildman–Crippen MR) is 171 cm³/mol. The first-order chi connectivity index (χ1) is 20.2. The number of nitrogens with zero attached hydrogens (tertiary/aromatic N) is 2. The maximum Gasteiger partial charge on any atom is 0.407 e. The number of rotatable bonds is 12. The molecular formula is C33H46N4O5S. The molecule has 3 aromatic rings. The Morgan fingerprint density at radius 3 is 2.14 bits per heavy atom. The number of benzene rings is 2.